The molecule has 9 nitrogen and oxygen atoms in total. The highest BCUT2D eigenvalue weighted by Gasteiger charge is 2.44. The van der Waals surface area contributed by atoms with Gasteiger partial charge in [-0.05, 0) is 38.5 Å². The summed E-state index contributed by atoms with van der Waals surface area (Å²) in [6.07, 6.45) is 19.5. The van der Waals surface area contributed by atoms with Gasteiger partial charge in [-0.2, -0.15) is 0 Å². The van der Waals surface area contributed by atoms with Crippen molar-refractivity contribution in [2.75, 3.05) is 13.2 Å². The van der Waals surface area contributed by atoms with Gasteiger partial charge in [-0.1, -0.05) is 109 Å². The topological polar surface area (TPSA) is 149 Å². The number of nitrogens with one attached hydrogen (secondary N) is 1. The largest absolute Gasteiger partial charge is 0.394 e. The lowest BCUT2D eigenvalue weighted by Crippen LogP contribution is -2.60. The lowest BCUT2D eigenvalue weighted by Gasteiger charge is -2.40. The summed E-state index contributed by atoms with van der Waals surface area (Å²) in [6, 6.07) is -0.799. The first-order valence-electron chi connectivity index (χ1n) is 17.1. The Morgan fingerprint density at radius 3 is 1.98 bits per heavy atom. The molecule has 2 unspecified atom stereocenters. The summed E-state index contributed by atoms with van der Waals surface area (Å²) in [4.78, 5) is 12.7. The fourth-order valence-electron chi connectivity index (χ4n) is 5.15. The fraction of sp³-hybridized carbons (Fsp3) is 0.853. The monoisotopic (exact) mass is 613 g/mol. The van der Waals surface area contributed by atoms with E-state index in [4.69, 9.17) is 9.47 Å². The van der Waals surface area contributed by atoms with E-state index < -0.39 is 49.5 Å². The molecule has 0 aliphatic carbocycles. The first kappa shape index (κ1) is 39.7. The number of rotatable bonds is 26. The average Bonchev–Trinajstić information content (AvgIpc) is 3.00. The standard InChI is InChI=1S/C34H63NO8/c1-3-5-7-9-11-12-13-14-15-16-18-19-21-23-28(37)27(35-30(38)24-22-20-17-10-8-6-4-2)26-42-34-33(41)32(40)31(39)29(25-36)43-34/h7,9,21,23,27-29,31-34,36-37,39-41H,3-6,8,10-20,22,24-26H2,1-2H3,(H,35,38)/b9-7+,23-21+/t27-,28+,29+,31+,32?,33?,34+/m0/s1. The Morgan fingerprint density at radius 1 is 0.767 bits per heavy atom. The van der Waals surface area contributed by atoms with Crippen molar-refractivity contribution >= 4 is 5.91 Å². The average molecular weight is 614 g/mol. The van der Waals surface area contributed by atoms with Crippen molar-refractivity contribution in [2.45, 2.75) is 172 Å². The van der Waals surface area contributed by atoms with Gasteiger partial charge in [-0.15, -0.1) is 0 Å². The number of aliphatic hydroxyl groups excluding tert-OH is 5. The van der Waals surface area contributed by atoms with E-state index in [1.807, 2.05) is 6.08 Å². The molecule has 0 aromatic carbocycles. The van der Waals surface area contributed by atoms with E-state index in [9.17, 15) is 30.3 Å². The summed E-state index contributed by atoms with van der Waals surface area (Å²) in [7, 11) is 0. The molecule has 1 fully saturated rings. The normalized spacial score (nSPS) is 24.1. The van der Waals surface area contributed by atoms with Crippen LogP contribution < -0.4 is 5.32 Å². The Labute approximate surface area is 260 Å². The van der Waals surface area contributed by atoms with Crippen LogP contribution in [0.2, 0.25) is 0 Å². The molecule has 7 atom stereocenters. The minimum atomic E-state index is -1.56. The molecule has 0 bridgehead atoms. The van der Waals surface area contributed by atoms with Gasteiger partial charge in [-0.3, -0.25) is 4.79 Å². The zero-order chi connectivity index (χ0) is 31.7. The van der Waals surface area contributed by atoms with Gasteiger partial charge >= 0.3 is 0 Å². The molecule has 1 aliphatic heterocycles. The van der Waals surface area contributed by atoms with Crippen LogP contribution in [-0.2, 0) is 14.3 Å². The SMILES string of the molecule is CCC/C=C/CCCCCCCC/C=C/[C@@H](O)[C@H](CO[C@@H]1O[C@H](CO)[C@@H](O)C(O)C1O)NC(=O)CCCCCCCCC. The summed E-state index contributed by atoms with van der Waals surface area (Å²) in [5.74, 6) is -0.190. The van der Waals surface area contributed by atoms with Crippen LogP contribution in [0.5, 0.6) is 0 Å². The predicted molar refractivity (Wildman–Crippen MR) is 170 cm³/mol. The first-order chi connectivity index (χ1) is 20.8. The number of aliphatic hydroxyl groups is 5. The second-order valence-corrected chi connectivity index (χ2v) is 12.0. The van der Waals surface area contributed by atoms with Crippen LogP contribution in [0.3, 0.4) is 0 Å². The van der Waals surface area contributed by atoms with Gasteiger partial charge in [0.1, 0.15) is 24.4 Å². The molecule has 1 aliphatic rings. The van der Waals surface area contributed by atoms with Gasteiger partial charge < -0.3 is 40.3 Å². The number of unbranched alkanes of at least 4 members (excludes halogenated alkanes) is 14. The molecule has 0 radical (unpaired) electrons. The van der Waals surface area contributed by atoms with Gasteiger partial charge in [0, 0.05) is 6.42 Å². The van der Waals surface area contributed by atoms with Crippen molar-refractivity contribution in [2.24, 2.45) is 0 Å². The Kier molecular flexibility index (Phi) is 23.9. The molecule has 0 spiro atoms. The molecule has 1 rings (SSSR count). The lowest BCUT2D eigenvalue weighted by atomic mass is 9.99. The summed E-state index contributed by atoms with van der Waals surface area (Å²) in [5, 5.41) is 53.6. The van der Waals surface area contributed by atoms with Crippen molar-refractivity contribution in [1.82, 2.24) is 5.32 Å². The van der Waals surface area contributed by atoms with Crippen LogP contribution in [0.4, 0.5) is 0 Å². The van der Waals surface area contributed by atoms with E-state index in [0.29, 0.717) is 6.42 Å². The van der Waals surface area contributed by atoms with Crippen molar-refractivity contribution in [1.29, 1.82) is 0 Å². The minimum absolute atomic E-state index is 0.190. The smallest absolute Gasteiger partial charge is 0.220 e. The van der Waals surface area contributed by atoms with Crippen LogP contribution >= 0.6 is 0 Å². The van der Waals surface area contributed by atoms with Crippen molar-refractivity contribution in [3.05, 3.63) is 24.3 Å². The summed E-state index contributed by atoms with van der Waals surface area (Å²) in [6.45, 7) is 3.62. The molecule has 6 N–H and O–H groups in total. The highest BCUT2D eigenvalue weighted by molar-refractivity contribution is 5.76. The number of carbonyl (C=O) groups is 1. The Bertz CT molecular complexity index is 731. The molecule has 43 heavy (non-hydrogen) atoms. The van der Waals surface area contributed by atoms with Crippen molar-refractivity contribution in [3.63, 3.8) is 0 Å². The van der Waals surface area contributed by atoms with Gasteiger partial charge in [0.2, 0.25) is 5.91 Å². The van der Waals surface area contributed by atoms with Crippen LogP contribution in [0, 0.1) is 0 Å². The maximum absolute atomic E-state index is 12.7. The van der Waals surface area contributed by atoms with Gasteiger partial charge in [0.15, 0.2) is 6.29 Å². The lowest BCUT2D eigenvalue weighted by molar-refractivity contribution is -0.302. The van der Waals surface area contributed by atoms with E-state index in [1.165, 1.54) is 64.2 Å². The van der Waals surface area contributed by atoms with E-state index in [0.717, 1.165) is 44.9 Å². The molecule has 0 aromatic heterocycles. The van der Waals surface area contributed by atoms with Gasteiger partial charge in [0.05, 0.1) is 25.4 Å². The first-order valence-corrected chi connectivity index (χ1v) is 17.1. The third-order valence-corrected chi connectivity index (χ3v) is 8.00. The van der Waals surface area contributed by atoms with Gasteiger partial charge in [-0.25, -0.2) is 0 Å². The quantitative estimate of drug-likeness (QED) is 0.0601. The molecule has 0 saturated carbocycles. The third-order valence-electron chi connectivity index (χ3n) is 8.00. The maximum Gasteiger partial charge on any atom is 0.220 e. The number of hydrogen-bond acceptors (Lipinski definition) is 8. The summed E-state index contributed by atoms with van der Waals surface area (Å²) >= 11 is 0. The fourth-order valence-corrected chi connectivity index (χ4v) is 5.15. The zero-order valence-corrected chi connectivity index (χ0v) is 27.0. The molecule has 1 saturated heterocycles. The van der Waals surface area contributed by atoms with Crippen LogP contribution in [-0.4, -0.2) is 87.5 Å². The summed E-state index contributed by atoms with van der Waals surface area (Å²) < 4.78 is 11.1. The van der Waals surface area contributed by atoms with E-state index in [2.05, 4.69) is 31.3 Å². The number of amides is 1. The van der Waals surface area contributed by atoms with E-state index >= 15 is 0 Å². The van der Waals surface area contributed by atoms with Gasteiger partial charge in [0.25, 0.3) is 0 Å². The molecule has 252 valence electrons. The molecular formula is C34H63NO8. The number of hydrogen-bond donors (Lipinski definition) is 6. The highest BCUT2D eigenvalue weighted by atomic mass is 16.7. The van der Waals surface area contributed by atoms with Crippen LogP contribution in [0.15, 0.2) is 24.3 Å². The number of allylic oxidation sites excluding steroid dienone is 3. The second-order valence-electron chi connectivity index (χ2n) is 12.0. The third kappa shape index (κ3) is 18.3. The molecule has 0 aromatic rings. The van der Waals surface area contributed by atoms with Crippen LogP contribution in [0.25, 0.3) is 0 Å². The number of carbonyl (C=O) groups excluding carboxylic acids is 1. The molecule has 1 heterocycles. The second kappa shape index (κ2) is 25.9. The number of ether oxygens (including phenoxy) is 2. The molecular weight excluding hydrogens is 550 g/mol. The van der Waals surface area contributed by atoms with Crippen molar-refractivity contribution < 1.29 is 39.8 Å². The zero-order valence-electron chi connectivity index (χ0n) is 27.0. The predicted octanol–water partition coefficient (Wildman–Crippen LogP) is 4.82. The Balaban J connectivity index is 2.52. The van der Waals surface area contributed by atoms with E-state index in [-0.39, 0.29) is 12.5 Å². The highest BCUT2D eigenvalue weighted by Crippen LogP contribution is 2.22. The Morgan fingerprint density at radius 2 is 1.35 bits per heavy atom. The maximum atomic E-state index is 12.7. The molecule has 9 heteroatoms. The van der Waals surface area contributed by atoms with E-state index in [1.54, 1.807) is 6.08 Å². The van der Waals surface area contributed by atoms with Crippen molar-refractivity contribution in [3.8, 4) is 0 Å². The molecule has 1 amide bonds. The minimum Gasteiger partial charge on any atom is -0.394 e. The summed E-state index contributed by atoms with van der Waals surface area (Å²) in [5.41, 5.74) is 0. The Hall–Kier alpha value is -1.33. The van der Waals surface area contributed by atoms with Crippen LogP contribution in [0.1, 0.15) is 129 Å².